The van der Waals surface area contributed by atoms with E-state index in [4.69, 9.17) is 4.74 Å². The Morgan fingerprint density at radius 2 is 1.96 bits per heavy atom. The van der Waals surface area contributed by atoms with Crippen molar-refractivity contribution >= 4 is 23.3 Å². The molecular weight excluding hydrogens is 363 g/mol. The van der Waals surface area contributed by atoms with Crippen LogP contribution in [0.4, 0.5) is 15.9 Å². The summed E-state index contributed by atoms with van der Waals surface area (Å²) < 4.78 is 20.3. The van der Waals surface area contributed by atoms with Crippen LogP contribution in [0.5, 0.6) is 5.75 Å². The number of nitrogens with zero attached hydrogens (tertiary/aromatic N) is 2. The molecule has 0 aliphatic carbocycles. The van der Waals surface area contributed by atoms with Crippen LogP contribution in [0.15, 0.2) is 60.8 Å². The second-order valence-corrected chi connectivity index (χ2v) is 6.56. The SMILES string of the molecule is CC1(C(=O)Nc2ccn(Cc3ccc(F)cc3)n2)Oc2ccccc2NC1=O. The maximum absolute atomic E-state index is 13.0. The minimum Gasteiger partial charge on any atom is -0.466 e. The lowest BCUT2D eigenvalue weighted by molar-refractivity contribution is -0.143. The molecule has 1 aliphatic heterocycles. The van der Waals surface area contributed by atoms with Crippen LogP contribution < -0.4 is 15.4 Å². The third-order valence-corrected chi connectivity index (χ3v) is 4.46. The van der Waals surface area contributed by atoms with Gasteiger partial charge in [0.15, 0.2) is 5.82 Å². The number of carbonyl (C=O) groups excluding carboxylic acids is 2. The van der Waals surface area contributed by atoms with E-state index in [1.54, 1.807) is 53.3 Å². The highest BCUT2D eigenvalue weighted by Gasteiger charge is 2.47. The molecule has 2 heterocycles. The number of benzene rings is 2. The van der Waals surface area contributed by atoms with Crippen LogP contribution in [0.3, 0.4) is 0 Å². The van der Waals surface area contributed by atoms with E-state index >= 15 is 0 Å². The van der Waals surface area contributed by atoms with Gasteiger partial charge < -0.3 is 15.4 Å². The summed E-state index contributed by atoms with van der Waals surface area (Å²) >= 11 is 0. The molecule has 1 unspecified atom stereocenters. The molecule has 0 spiro atoms. The van der Waals surface area contributed by atoms with Gasteiger partial charge in [0.05, 0.1) is 12.2 Å². The highest BCUT2D eigenvalue weighted by atomic mass is 19.1. The lowest BCUT2D eigenvalue weighted by Crippen LogP contribution is -2.56. The number of rotatable bonds is 4. The summed E-state index contributed by atoms with van der Waals surface area (Å²) in [6.07, 6.45) is 1.68. The topological polar surface area (TPSA) is 85.2 Å². The minimum absolute atomic E-state index is 0.281. The second kappa shape index (κ2) is 6.80. The van der Waals surface area contributed by atoms with Gasteiger partial charge >= 0.3 is 0 Å². The van der Waals surface area contributed by atoms with E-state index in [1.807, 2.05) is 0 Å². The van der Waals surface area contributed by atoms with Gasteiger partial charge in [0, 0.05) is 12.3 Å². The molecule has 0 radical (unpaired) electrons. The number of para-hydroxylation sites is 2. The number of carbonyl (C=O) groups is 2. The fourth-order valence-corrected chi connectivity index (χ4v) is 2.85. The Kier molecular flexibility index (Phi) is 4.31. The molecule has 2 aromatic carbocycles. The van der Waals surface area contributed by atoms with Crippen LogP contribution in [0, 0.1) is 5.82 Å². The Morgan fingerprint density at radius 3 is 2.75 bits per heavy atom. The molecule has 7 nitrogen and oxygen atoms in total. The van der Waals surface area contributed by atoms with Crippen molar-refractivity contribution in [3.8, 4) is 5.75 Å². The predicted molar refractivity (Wildman–Crippen MR) is 100 cm³/mol. The van der Waals surface area contributed by atoms with Crippen molar-refractivity contribution in [3.63, 3.8) is 0 Å². The van der Waals surface area contributed by atoms with Gasteiger partial charge in [0.1, 0.15) is 11.6 Å². The first kappa shape index (κ1) is 17.7. The predicted octanol–water partition coefficient (Wildman–Crippen LogP) is 2.80. The van der Waals surface area contributed by atoms with Crippen molar-refractivity contribution in [1.29, 1.82) is 0 Å². The zero-order valence-corrected chi connectivity index (χ0v) is 15.0. The number of ether oxygens (including phenoxy) is 1. The van der Waals surface area contributed by atoms with Gasteiger partial charge in [0.2, 0.25) is 0 Å². The van der Waals surface area contributed by atoms with E-state index in [-0.39, 0.29) is 11.6 Å². The largest absolute Gasteiger partial charge is 0.466 e. The number of aromatic nitrogens is 2. The number of amides is 2. The van der Waals surface area contributed by atoms with Crippen LogP contribution in [-0.2, 0) is 16.1 Å². The Morgan fingerprint density at radius 1 is 1.21 bits per heavy atom. The Bertz CT molecular complexity index is 1050. The number of nitrogens with one attached hydrogen (secondary N) is 2. The van der Waals surface area contributed by atoms with E-state index < -0.39 is 17.4 Å². The second-order valence-electron chi connectivity index (χ2n) is 6.56. The van der Waals surface area contributed by atoms with Gasteiger partial charge in [-0.05, 0) is 36.8 Å². The third kappa shape index (κ3) is 3.32. The van der Waals surface area contributed by atoms with Crippen LogP contribution >= 0.6 is 0 Å². The number of fused-ring (bicyclic) bond motifs is 1. The standard InChI is InChI=1S/C20H17FN4O3/c1-20(18(26)22-15-4-2-3-5-16(15)28-20)19(27)23-17-10-11-25(24-17)12-13-6-8-14(21)9-7-13/h2-11H,12H2,1H3,(H,22,26)(H,23,24,27). The molecule has 0 bridgehead atoms. The molecule has 28 heavy (non-hydrogen) atoms. The van der Waals surface area contributed by atoms with Crippen molar-refractivity contribution in [2.75, 3.05) is 10.6 Å². The summed E-state index contributed by atoms with van der Waals surface area (Å²) in [4.78, 5) is 25.2. The Labute approximate surface area is 160 Å². The third-order valence-electron chi connectivity index (χ3n) is 4.46. The summed E-state index contributed by atoms with van der Waals surface area (Å²) in [6.45, 7) is 1.82. The fraction of sp³-hybridized carbons (Fsp3) is 0.150. The Balaban J connectivity index is 1.47. The van der Waals surface area contributed by atoms with Crippen molar-refractivity contribution in [3.05, 3.63) is 72.2 Å². The highest BCUT2D eigenvalue weighted by molar-refractivity contribution is 6.18. The van der Waals surface area contributed by atoms with Crippen LogP contribution in [0.1, 0.15) is 12.5 Å². The molecule has 2 N–H and O–H groups in total. The molecule has 1 atom stereocenters. The summed E-state index contributed by atoms with van der Waals surface area (Å²) in [5, 5.41) is 9.56. The molecule has 3 aromatic rings. The molecule has 142 valence electrons. The summed E-state index contributed by atoms with van der Waals surface area (Å²) in [5.41, 5.74) is -0.350. The molecule has 4 rings (SSSR count). The highest BCUT2D eigenvalue weighted by Crippen LogP contribution is 2.33. The molecule has 0 saturated heterocycles. The van der Waals surface area contributed by atoms with Crippen molar-refractivity contribution in [1.82, 2.24) is 9.78 Å². The van der Waals surface area contributed by atoms with Crippen molar-refractivity contribution in [2.45, 2.75) is 19.1 Å². The van der Waals surface area contributed by atoms with Gasteiger partial charge in [-0.15, -0.1) is 0 Å². The lowest BCUT2D eigenvalue weighted by atomic mass is 10.0. The van der Waals surface area contributed by atoms with Crippen LogP contribution in [0.25, 0.3) is 0 Å². The molecule has 8 heteroatoms. The molecule has 1 aliphatic rings. The monoisotopic (exact) mass is 380 g/mol. The molecule has 0 saturated carbocycles. The number of hydrogen-bond donors (Lipinski definition) is 2. The van der Waals surface area contributed by atoms with E-state index in [0.717, 1.165) is 5.56 Å². The maximum Gasteiger partial charge on any atom is 0.279 e. The summed E-state index contributed by atoms with van der Waals surface area (Å²) in [7, 11) is 0. The first-order valence-corrected chi connectivity index (χ1v) is 8.63. The average Bonchev–Trinajstić information content (AvgIpc) is 3.11. The van der Waals surface area contributed by atoms with Crippen molar-refractivity contribution in [2.24, 2.45) is 0 Å². The quantitative estimate of drug-likeness (QED) is 0.682. The number of halogens is 1. The van der Waals surface area contributed by atoms with E-state index in [0.29, 0.717) is 18.0 Å². The zero-order chi connectivity index (χ0) is 19.7. The van der Waals surface area contributed by atoms with Crippen molar-refractivity contribution < 1.29 is 18.7 Å². The fourth-order valence-electron chi connectivity index (χ4n) is 2.85. The zero-order valence-electron chi connectivity index (χ0n) is 15.0. The van der Waals surface area contributed by atoms with Gasteiger partial charge in [-0.2, -0.15) is 5.10 Å². The van der Waals surface area contributed by atoms with Gasteiger partial charge in [-0.3, -0.25) is 14.3 Å². The normalized spacial score (nSPS) is 18.0. The van der Waals surface area contributed by atoms with E-state index in [1.165, 1.54) is 19.1 Å². The first-order valence-electron chi connectivity index (χ1n) is 8.63. The van der Waals surface area contributed by atoms with Gasteiger partial charge in [0.25, 0.3) is 17.4 Å². The molecule has 0 fully saturated rings. The first-order chi connectivity index (χ1) is 13.4. The molecule has 2 amide bonds. The minimum atomic E-state index is -1.73. The summed E-state index contributed by atoms with van der Waals surface area (Å²) in [6, 6.07) is 14.6. The Hall–Kier alpha value is -3.68. The lowest BCUT2D eigenvalue weighted by Gasteiger charge is -2.32. The van der Waals surface area contributed by atoms with E-state index in [9.17, 15) is 14.0 Å². The number of hydrogen-bond acceptors (Lipinski definition) is 4. The van der Waals surface area contributed by atoms with Gasteiger partial charge in [-0.1, -0.05) is 24.3 Å². The molecular formula is C20H17FN4O3. The van der Waals surface area contributed by atoms with E-state index in [2.05, 4.69) is 15.7 Å². The smallest absolute Gasteiger partial charge is 0.279 e. The number of anilines is 2. The van der Waals surface area contributed by atoms with Gasteiger partial charge in [-0.25, -0.2) is 4.39 Å². The van der Waals surface area contributed by atoms with Crippen LogP contribution in [-0.4, -0.2) is 27.2 Å². The average molecular weight is 380 g/mol. The maximum atomic E-state index is 13.0. The van der Waals surface area contributed by atoms with Crippen LogP contribution in [0.2, 0.25) is 0 Å². The summed E-state index contributed by atoms with van der Waals surface area (Å²) in [5.74, 6) is -0.802. The molecule has 1 aromatic heterocycles.